The van der Waals surface area contributed by atoms with E-state index in [0.29, 0.717) is 22.8 Å². The highest BCUT2D eigenvalue weighted by molar-refractivity contribution is 7.89. The fraction of sp³-hybridized carbons (Fsp3) is 0.143. The average Bonchev–Trinajstić information content (AvgIpc) is 3.13. The second-order valence-electron chi connectivity index (χ2n) is 5.05. The summed E-state index contributed by atoms with van der Waals surface area (Å²) in [5.41, 5.74) is 0.132. The smallest absolute Gasteiger partial charge is 0.241 e. The first-order valence-corrected chi connectivity index (χ1v) is 9.19. The van der Waals surface area contributed by atoms with E-state index in [1.54, 1.807) is 12.3 Å². The first-order chi connectivity index (χ1) is 11.7. The third-order valence-corrected chi connectivity index (χ3v) is 5.06. The Morgan fingerprint density at radius 3 is 2.60 bits per heavy atom. The van der Waals surface area contributed by atoms with Crippen molar-refractivity contribution in [1.29, 1.82) is 0 Å². The number of primary sulfonamides is 1. The van der Waals surface area contributed by atoms with Gasteiger partial charge in [0.2, 0.25) is 10.0 Å². The molecule has 25 heavy (non-hydrogen) atoms. The fourth-order valence-electron chi connectivity index (χ4n) is 2.30. The van der Waals surface area contributed by atoms with Gasteiger partial charge < -0.3 is 9.63 Å². The van der Waals surface area contributed by atoms with Crippen molar-refractivity contribution in [2.45, 2.75) is 18.4 Å². The van der Waals surface area contributed by atoms with Crippen molar-refractivity contribution in [3.8, 4) is 22.5 Å². The van der Waals surface area contributed by atoms with Gasteiger partial charge in [0.05, 0.1) is 10.6 Å². The standard InChI is InChI=1S/C14H11F2N3O4S2/c1-6-18-10(5-24-6)14-13(11(4-20)23-19-14)7-2-9(16)12(3-8(7)15)25(17,21)22/h2-3,5,20H,4H2,1H3,(H2,17,21,22). The summed E-state index contributed by atoms with van der Waals surface area (Å²) in [5.74, 6) is -2.40. The van der Waals surface area contributed by atoms with Gasteiger partial charge in [0.15, 0.2) is 5.76 Å². The number of halogens is 2. The van der Waals surface area contributed by atoms with E-state index in [1.807, 2.05) is 0 Å². The Morgan fingerprint density at radius 2 is 2.04 bits per heavy atom. The summed E-state index contributed by atoms with van der Waals surface area (Å²) >= 11 is 1.31. The van der Waals surface area contributed by atoms with Crippen molar-refractivity contribution < 1.29 is 26.8 Å². The second kappa shape index (κ2) is 6.26. The highest BCUT2D eigenvalue weighted by Crippen LogP contribution is 2.37. The monoisotopic (exact) mass is 387 g/mol. The van der Waals surface area contributed by atoms with Crippen LogP contribution < -0.4 is 5.14 Å². The lowest BCUT2D eigenvalue weighted by Gasteiger charge is -2.07. The molecule has 0 aliphatic rings. The van der Waals surface area contributed by atoms with E-state index in [2.05, 4.69) is 10.1 Å². The Morgan fingerprint density at radius 1 is 1.32 bits per heavy atom. The number of hydrogen-bond donors (Lipinski definition) is 2. The highest BCUT2D eigenvalue weighted by atomic mass is 32.2. The van der Waals surface area contributed by atoms with Gasteiger partial charge >= 0.3 is 0 Å². The molecule has 2 heterocycles. The van der Waals surface area contributed by atoms with Gasteiger partial charge in [-0.2, -0.15) is 0 Å². The first-order valence-electron chi connectivity index (χ1n) is 6.76. The molecule has 3 N–H and O–H groups in total. The molecule has 0 aliphatic carbocycles. The molecule has 7 nitrogen and oxygen atoms in total. The average molecular weight is 387 g/mol. The van der Waals surface area contributed by atoms with Crippen molar-refractivity contribution in [2.24, 2.45) is 5.14 Å². The maximum Gasteiger partial charge on any atom is 0.241 e. The normalized spacial score (nSPS) is 11.9. The summed E-state index contributed by atoms with van der Waals surface area (Å²) in [6.45, 7) is 1.13. The fourth-order valence-corrected chi connectivity index (χ4v) is 3.49. The number of thiazole rings is 1. The minimum Gasteiger partial charge on any atom is -0.388 e. The van der Waals surface area contributed by atoms with Gasteiger partial charge in [-0.3, -0.25) is 0 Å². The number of nitrogens with zero attached hydrogens (tertiary/aromatic N) is 2. The molecule has 0 unspecified atom stereocenters. The number of aromatic nitrogens is 2. The van der Waals surface area contributed by atoms with Crippen LogP contribution in [0.15, 0.2) is 26.9 Å². The first kappa shape index (κ1) is 17.6. The van der Waals surface area contributed by atoms with Gasteiger partial charge in [0.25, 0.3) is 0 Å². The Labute approximate surface area is 144 Å². The van der Waals surface area contributed by atoms with Crippen LogP contribution in [0.3, 0.4) is 0 Å². The number of aliphatic hydroxyl groups is 1. The van der Waals surface area contributed by atoms with Gasteiger partial charge in [-0.15, -0.1) is 11.3 Å². The Bertz CT molecular complexity index is 1060. The SMILES string of the molecule is Cc1nc(-c2noc(CO)c2-c2cc(F)c(S(N)(=O)=O)cc2F)cs1. The van der Waals surface area contributed by atoms with Crippen LogP contribution in [0, 0.1) is 18.6 Å². The van der Waals surface area contributed by atoms with E-state index in [9.17, 15) is 22.3 Å². The Balaban J connectivity index is 2.27. The summed E-state index contributed by atoms with van der Waals surface area (Å²) in [4.78, 5) is 3.24. The van der Waals surface area contributed by atoms with E-state index >= 15 is 0 Å². The zero-order chi connectivity index (χ0) is 18.4. The predicted molar refractivity (Wildman–Crippen MR) is 85.0 cm³/mol. The van der Waals surface area contributed by atoms with Crippen LogP contribution in [0.2, 0.25) is 0 Å². The number of nitrogens with two attached hydrogens (primary N) is 1. The van der Waals surface area contributed by atoms with Gasteiger partial charge in [0.1, 0.15) is 34.5 Å². The molecule has 3 rings (SSSR count). The summed E-state index contributed by atoms with van der Waals surface area (Å²) in [7, 11) is -4.43. The quantitative estimate of drug-likeness (QED) is 0.708. The van der Waals surface area contributed by atoms with Crippen molar-refractivity contribution in [3.63, 3.8) is 0 Å². The molecule has 132 valence electrons. The maximum atomic E-state index is 14.5. The molecule has 0 saturated carbocycles. The molecule has 0 spiro atoms. The second-order valence-corrected chi connectivity index (χ2v) is 7.64. The van der Waals surface area contributed by atoms with Crippen molar-refractivity contribution in [1.82, 2.24) is 10.1 Å². The highest BCUT2D eigenvalue weighted by Gasteiger charge is 2.26. The zero-order valence-corrected chi connectivity index (χ0v) is 14.3. The van der Waals surface area contributed by atoms with Crippen LogP contribution in [0.1, 0.15) is 10.8 Å². The largest absolute Gasteiger partial charge is 0.388 e. The molecule has 2 aromatic heterocycles. The molecule has 0 radical (unpaired) electrons. The molecule has 0 bridgehead atoms. The molecule has 3 aromatic rings. The van der Waals surface area contributed by atoms with Crippen LogP contribution in [0.5, 0.6) is 0 Å². The molecule has 11 heteroatoms. The van der Waals surface area contributed by atoms with Crippen LogP contribution >= 0.6 is 11.3 Å². The molecule has 0 aliphatic heterocycles. The minimum atomic E-state index is -4.43. The van der Waals surface area contributed by atoms with E-state index in [-0.39, 0.29) is 22.6 Å². The topological polar surface area (TPSA) is 119 Å². The van der Waals surface area contributed by atoms with E-state index < -0.39 is 33.2 Å². The van der Waals surface area contributed by atoms with Crippen molar-refractivity contribution in [3.05, 3.63) is 39.9 Å². The Kier molecular flexibility index (Phi) is 4.41. The number of aryl methyl sites for hydroxylation is 1. The third-order valence-electron chi connectivity index (χ3n) is 3.37. The van der Waals surface area contributed by atoms with Crippen LogP contribution in [0.25, 0.3) is 22.5 Å². The van der Waals surface area contributed by atoms with Crippen LogP contribution in [0.4, 0.5) is 8.78 Å². The van der Waals surface area contributed by atoms with E-state index in [1.165, 1.54) is 11.3 Å². The zero-order valence-electron chi connectivity index (χ0n) is 12.7. The summed E-state index contributed by atoms with van der Waals surface area (Å²) in [6, 6.07) is 1.15. The molecule has 0 amide bonds. The summed E-state index contributed by atoms with van der Waals surface area (Å²) < 4.78 is 56.2. The van der Waals surface area contributed by atoms with Crippen molar-refractivity contribution in [2.75, 3.05) is 0 Å². The lowest BCUT2D eigenvalue weighted by molar-refractivity contribution is 0.230. The number of hydrogen-bond acceptors (Lipinski definition) is 7. The molecule has 0 fully saturated rings. The summed E-state index contributed by atoms with van der Waals surface area (Å²) in [6.07, 6.45) is 0. The van der Waals surface area contributed by atoms with Gasteiger partial charge in [-0.1, -0.05) is 5.16 Å². The van der Waals surface area contributed by atoms with Gasteiger partial charge in [0, 0.05) is 10.9 Å². The molecular formula is C14H11F2N3O4S2. The molecule has 1 aromatic carbocycles. The predicted octanol–water partition coefficient (Wildman–Crippen LogP) is 2.19. The number of sulfonamides is 1. The van der Waals surface area contributed by atoms with Crippen LogP contribution in [-0.4, -0.2) is 23.7 Å². The molecule has 0 saturated heterocycles. The minimum absolute atomic E-state index is 0.00910. The number of rotatable bonds is 4. The van der Waals surface area contributed by atoms with Gasteiger partial charge in [-0.25, -0.2) is 27.3 Å². The van der Waals surface area contributed by atoms with Gasteiger partial charge in [-0.05, 0) is 19.1 Å². The Hall–Kier alpha value is -2.21. The number of benzene rings is 1. The lowest BCUT2D eigenvalue weighted by Crippen LogP contribution is -2.14. The third kappa shape index (κ3) is 3.18. The maximum absolute atomic E-state index is 14.5. The summed E-state index contributed by atoms with van der Waals surface area (Å²) in [5, 5.41) is 20.4. The molecular weight excluding hydrogens is 376 g/mol. The van der Waals surface area contributed by atoms with Crippen LogP contribution in [-0.2, 0) is 16.6 Å². The van der Waals surface area contributed by atoms with E-state index in [4.69, 9.17) is 9.66 Å². The van der Waals surface area contributed by atoms with Crippen molar-refractivity contribution >= 4 is 21.4 Å². The van der Waals surface area contributed by atoms with E-state index in [0.717, 1.165) is 0 Å². The lowest BCUT2D eigenvalue weighted by atomic mass is 10.0. The molecule has 0 atom stereocenters. The number of aliphatic hydroxyl groups excluding tert-OH is 1.